The Morgan fingerprint density at radius 3 is 2.84 bits per heavy atom. The molecule has 2 N–H and O–H groups in total. The van der Waals surface area contributed by atoms with Crippen LogP contribution in [0.2, 0.25) is 5.02 Å². The quantitative estimate of drug-likeness (QED) is 0.791. The molecule has 1 aromatic heterocycles. The maximum Gasteiger partial charge on any atom is 0.259 e. The van der Waals surface area contributed by atoms with Gasteiger partial charge in [-0.15, -0.1) is 0 Å². The highest BCUT2D eigenvalue weighted by Crippen LogP contribution is 2.23. The van der Waals surface area contributed by atoms with E-state index in [4.69, 9.17) is 11.6 Å². The number of rotatable bonds is 3. The minimum absolute atomic E-state index is 0.210. The van der Waals surface area contributed by atoms with Gasteiger partial charge in [0, 0.05) is 21.8 Å². The van der Waals surface area contributed by atoms with Gasteiger partial charge in [-0.3, -0.25) is 4.79 Å². The van der Waals surface area contributed by atoms with Crippen molar-refractivity contribution in [3.05, 3.63) is 50.7 Å². The molecule has 1 amide bonds. The van der Waals surface area contributed by atoms with E-state index in [0.29, 0.717) is 16.4 Å². The van der Waals surface area contributed by atoms with Gasteiger partial charge in [-0.25, -0.2) is 4.98 Å². The lowest BCUT2D eigenvalue weighted by Crippen LogP contribution is -2.15. The summed E-state index contributed by atoms with van der Waals surface area (Å²) in [6, 6.07) is 8.75. The van der Waals surface area contributed by atoms with E-state index in [1.54, 1.807) is 43.6 Å². The summed E-state index contributed by atoms with van der Waals surface area (Å²) in [4.78, 5) is 16.3. The van der Waals surface area contributed by atoms with Crippen molar-refractivity contribution in [2.45, 2.75) is 0 Å². The summed E-state index contributed by atoms with van der Waals surface area (Å²) in [5, 5.41) is 6.37. The predicted molar refractivity (Wildman–Crippen MR) is 85.9 cm³/mol. The van der Waals surface area contributed by atoms with Crippen molar-refractivity contribution in [3.8, 4) is 0 Å². The Kier molecular flexibility index (Phi) is 4.60. The average molecular weight is 388 g/mol. The Labute approximate surface area is 129 Å². The number of halogens is 2. The fourth-order valence-electron chi connectivity index (χ4n) is 1.57. The number of pyridine rings is 1. The summed E-state index contributed by atoms with van der Waals surface area (Å²) < 4.78 is 0.883. The van der Waals surface area contributed by atoms with Crippen molar-refractivity contribution in [1.29, 1.82) is 0 Å². The van der Waals surface area contributed by atoms with E-state index in [2.05, 4.69) is 38.2 Å². The molecule has 0 aliphatic carbocycles. The third kappa shape index (κ3) is 3.36. The van der Waals surface area contributed by atoms with Gasteiger partial charge in [0.05, 0.1) is 11.3 Å². The van der Waals surface area contributed by atoms with Crippen LogP contribution in [-0.4, -0.2) is 17.9 Å². The topological polar surface area (TPSA) is 54.0 Å². The number of nitrogens with zero attached hydrogens (tertiary/aromatic N) is 1. The van der Waals surface area contributed by atoms with Crippen LogP contribution in [0, 0.1) is 3.57 Å². The number of hydrogen-bond acceptors (Lipinski definition) is 3. The predicted octanol–water partition coefficient (Wildman–Crippen LogP) is 3.63. The third-order valence-corrected chi connectivity index (χ3v) is 3.60. The molecular weight excluding hydrogens is 377 g/mol. The van der Waals surface area contributed by atoms with Crippen LogP contribution in [-0.2, 0) is 0 Å². The third-order valence-electron chi connectivity index (χ3n) is 2.47. The summed E-state index contributed by atoms with van der Waals surface area (Å²) in [6.45, 7) is 0. The van der Waals surface area contributed by atoms with Gasteiger partial charge in [0.25, 0.3) is 5.91 Å². The van der Waals surface area contributed by atoms with Crippen LogP contribution in [0.1, 0.15) is 10.4 Å². The first-order valence-electron chi connectivity index (χ1n) is 5.51. The van der Waals surface area contributed by atoms with Crippen LogP contribution in [0.25, 0.3) is 0 Å². The Morgan fingerprint density at radius 1 is 1.37 bits per heavy atom. The van der Waals surface area contributed by atoms with E-state index >= 15 is 0 Å². The van der Waals surface area contributed by atoms with E-state index < -0.39 is 0 Å². The molecule has 0 bridgehead atoms. The Hall–Kier alpha value is -1.34. The second-order valence-corrected chi connectivity index (χ2v) is 5.33. The molecule has 0 aliphatic rings. The van der Waals surface area contributed by atoms with Crippen molar-refractivity contribution < 1.29 is 4.79 Å². The average Bonchev–Trinajstić information content (AvgIpc) is 2.41. The summed E-state index contributed by atoms with van der Waals surface area (Å²) in [6.07, 6.45) is 1.63. The van der Waals surface area contributed by atoms with E-state index in [-0.39, 0.29) is 5.91 Å². The molecule has 98 valence electrons. The van der Waals surface area contributed by atoms with E-state index in [1.165, 1.54) is 0 Å². The number of aromatic nitrogens is 1. The lowest BCUT2D eigenvalue weighted by molar-refractivity contribution is 0.102. The Balaban J connectivity index is 2.26. The number of benzene rings is 1. The van der Waals surface area contributed by atoms with Gasteiger partial charge in [-0.1, -0.05) is 11.6 Å². The number of carbonyl (C=O) groups is 1. The zero-order valence-electron chi connectivity index (χ0n) is 10.1. The number of hydrogen-bond donors (Lipinski definition) is 2. The molecule has 0 aliphatic heterocycles. The van der Waals surface area contributed by atoms with Crippen molar-refractivity contribution >= 4 is 51.6 Å². The zero-order valence-corrected chi connectivity index (χ0v) is 13.0. The van der Waals surface area contributed by atoms with E-state index in [1.807, 2.05) is 0 Å². The summed E-state index contributed by atoms with van der Waals surface area (Å²) in [5.74, 6) is 0.335. The minimum atomic E-state index is -0.210. The number of amides is 1. The number of nitrogens with one attached hydrogen (secondary N) is 2. The SMILES string of the molecule is CNc1ncccc1C(=O)Nc1ccc(Cl)cc1I. The van der Waals surface area contributed by atoms with Crippen molar-refractivity contribution in [3.63, 3.8) is 0 Å². The minimum Gasteiger partial charge on any atom is -0.372 e. The fourth-order valence-corrected chi connectivity index (χ4v) is 2.57. The van der Waals surface area contributed by atoms with Crippen LogP contribution in [0.5, 0.6) is 0 Å². The van der Waals surface area contributed by atoms with E-state index in [9.17, 15) is 4.79 Å². The molecule has 4 nitrogen and oxygen atoms in total. The lowest BCUT2D eigenvalue weighted by Gasteiger charge is -2.10. The van der Waals surface area contributed by atoms with Crippen LogP contribution in [0.3, 0.4) is 0 Å². The van der Waals surface area contributed by atoms with Gasteiger partial charge in [-0.2, -0.15) is 0 Å². The maximum atomic E-state index is 12.2. The monoisotopic (exact) mass is 387 g/mol. The first-order chi connectivity index (χ1) is 9.11. The van der Waals surface area contributed by atoms with Crippen molar-refractivity contribution in [2.24, 2.45) is 0 Å². The Bertz CT molecular complexity index is 619. The molecule has 0 fully saturated rings. The van der Waals surface area contributed by atoms with Crippen LogP contribution in [0.4, 0.5) is 11.5 Å². The summed E-state index contributed by atoms with van der Waals surface area (Å²) in [7, 11) is 1.73. The van der Waals surface area contributed by atoms with Gasteiger partial charge in [0.2, 0.25) is 0 Å². The molecule has 1 aromatic carbocycles. The maximum absolute atomic E-state index is 12.2. The molecular formula is C13H11ClIN3O. The zero-order chi connectivity index (χ0) is 13.8. The van der Waals surface area contributed by atoms with Crippen LogP contribution in [0.15, 0.2) is 36.5 Å². The van der Waals surface area contributed by atoms with Crippen LogP contribution >= 0.6 is 34.2 Å². The molecule has 0 spiro atoms. The Morgan fingerprint density at radius 2 is 2.16 bits per heavy atom. The molecule has 0 saturated carbocycles. The second-order valence-electron chi connectivity index (χ2n) is 3.73. The summed E-state index contributed by atoms with van der Waals surface area (Å²) in [5.41, 5.74) is 1.22. The number of anilines is 2. The molecule has 0 radical (unpaired) electrons. The molecule has 0 atom stereocenters. The molecule has 2 aromatic rings. The number of carbonyl (C=O) groups excluding carboxylic acids is 1. The highest BCUT2D eigenvalue weighted by atomic mass is 127. The molecule has 1 heterocycles. The van der Waals surface area contributed by atoms with Crippen molar-refractivity contribution in [2.75, 3.05) is 17.7 Å². The molecule has 6 heteroatoms. The molecule has 19 heavy (non-hydrogen) atoms. The molecule has 0 unspecified atom stereocenters. The molecule has 0 saturated heterocycles. The van der Waals surface area contributed by atoms with Gasteiger partial charge in [-0.05, 0) is 52.9 Å². The summed E-state index contributed by atoms with van der Waals surface area (Å²) >= 11 is 8.01. The smallest absolute Gasteiger partial charge is 0.259 e. The lowest BCUT2D eigenvalue weighted by atomic mass is 10.2. The standard InChI is InChI=1S/C13H11ClIN3O/c1-16-12-9(3-2-6-17-12)13(19)18-11-5-4-8(14)7-10(11)15/h2-7H,1H3,(H,16,17)(H,18,19). The van der Waals surface area contributed by atoms with Gasteiger partial charge in [0.1, 0.15) is 5.82 Å². The van der Waals surface area contributed by atoms with Gasteiger partial charge >= 0.3 is 0 Å². The van der Waals surface area contributed by atoms with Crippen molar-refractivity contribution in [1.82, 2.24) is 4.98 Å². The molecule has 2 rings (SSSR count). The first kappa shape index (κ1) is 14.1. The van der Waals surface area contributed by atoms with Gasteiger partial charge in [0.15, 0.2) is 0 Å². The normalized spacial score (nSPS) is 10.1. The largest absolute Gasteiger partial charge is 0.372 e. The van der Waals surface area contributed by atoms with Crippen LogP contribution < -0.4 is 10.6 Å². The fraction of sp³-hybridized carbons (Fsp3) is 0.0769. The second kappa shape index (κ2) is 6.21. The first-order valence-corrected chi connectivity index (χ1v) is 6.96. The highest BCUT2D eigenvalue weighted by molar-refractivity contribution is 14.1. The van der Waals surface area contributed by atoms with Gasteiger partial charge < -0.3 is 10.6 Å². The highest BCUT2D eigenvalue weighted by Gasteiger charge is 2.12. The van der Waals surface area contributed by atoms with E-state index in [0.717, 1.165) is 9.26 Å².